The first-order chi connectivity index (χ1) is 13.2. The Morgan fingerprint density at radius 2 is 1.68 bits per heavy atom. The van der Waals surface area contributed by atoms with Crippen molar-refractivity contribution in [3.05, 3.63) is 59.9 Å². The van der Waals surface area contributed by atoms with Crippen molar-refractivity contribution in [1.82, 2.24) is 10.6 Å². The fourth-order valence-corrected chi connectivity index (χ4v) is 3.17. The first-order valence-corrected chi connectivity index (χ1v) is 11.0. The van der Waals surface area contributed by atoms with Gasteiger partial charge in [-0.1, -0.05) is 12.1 Å². The number of benzene rings is 2. The van der Waals surface area contributed by atoms with Crippen molar-refractivity contribution in [2.45, 2.75) is 25.9 Å². The third-order valence-electron chi connectivity index (χ3n) is 3.96. The summed E-state index contributed by atoms with van der Waals surface area (Å²) in [5.41, 5.74) is 1.03. The second kappa shape index (κ2) is 10.1. The van der Waals surface area contributed by atoms with Crippen LogP contribution >= 0.6 is 0 Å². The van der Waals surface area contributed by atoms with Crippen molar-refractivity contribution in [3.63, 3.8) is 0 Å². The minimum atomic E-state index is -2.98. The van der Waals surface area contributed by atoms with Gasteiger partial charge in [0.25, 0.3) is 0 Å². The highest BCUT2D eigenvalue weighted by Gasteiger charge is 2.09. The van der Waals surface area contributed by atoms with E-state index in [-0.39, 0.29) is 17.6 Å². The van der Waals surface area contributed by atoms with E-state index in [4.69, 9.17) is 4.74 Å². The summed E-state index contributed by atoms with van der Waals surface area (Å²) < 4.78 is 41.1. The van der Waals surface area contributed by atoms with Crippen LogP contribution in [0.2, 0.25) is 0 Å². The molecular formula is C20H26FN3O3S. The molecule has 2 aromatic rings. The van der Waals surface area contributed by atoms with E-state index < -0.39 is 9.84 Å². The molecule has 2 aromatic carbocycles. The van der Waals surface area contributed by atoms with Gasteiger partial charge in [0.2, 0.25) is 0 Å². The maximum atomic E-state index is 12.9. The lowest BCUT2D eigenvalue weighted by Crippen LogP contribution is -2.42. The third-order valence-corrected chi connectivity index (χ3v) is 4.94. The monoisotopic (exact) mass is 407 g/mol. The van der Waals surface area contributed by atoms with Gasteiger partial charge in [0.1, 0.15) is 27.2 Å². The van der Waals surface area contributed by atoms with E-state index in [2.05, 4.69) is 15.6 Å². The van der Waals surface area contributed by atoms with E-state index in [0.29, 0.717) is 30.4 Å². The lowest BCUT2D eigenvalue weighted by Gasteiger charge is -2.17. The maximum absolute atomic E-state index is 12.9. The minimum Gasteiger partial charge on any atom is -0.457 e. The number of nitrogens with one attached hydrogen (secondary N) is 2. The third kappa shape index (κ3) is 7.96. The van der Waals surface area contributed by atoms with Crippen molar-refractivity contribution in [3.8, 4) is 11.5 Å². The lowest BCUT2D eigenvalue weighted by atomic mass is 10.2. The molecule has 2 N–H and O–H groups in total. The van der Waals surface area contributed by atoms with Crippen molar-refractivity contribution in [1.29, 1.82) is 0 Å². The molecule has 0 bridgehead atoms. The van der Waals surface area contributed by atoms with Gasteiger partial charge in [-0.15, -0.1) is 0 Å². The number of ether oxygens (including phenoxy) is 1. The van der Waals surface area contributed by atoms with Gasteiger partial charge in [-0.3, -0.25) is 4.99 Å². The molecule has 0 heterocycles. The quantitative estimate of drug-likeness (QED) is 0.519. The van der Waals surface area contributed by atoms with E-state index >= 15 is 0 Å². The largest absolute Gasteiger partial charge is 0.457 e. The highest BCUT2D eigenvalue weighted by atomic mass is 32.2. The molecule has 0 aromatic heterocycles. The van der Waals surface area contributed by atoms with Crippen molar-refractivity contribution in [2.24, 2.45) is 4.99 Å². The summed E-state index contributed by atoms with van der Waals surface area (Å²) in [4.78, 5) is 4.16. The van der Waals surface area contributed by atoms with Gasteiger partial charge < -0.3 is 15.4 Å². The summed E-state index contributed by atoms with van der Waals surface area (Å²) in [5, 5.41) is 6.37. The average Bonchev–Trinajstić information content (AvgIpc) is 2.66. The van der Waals surface area contributed by atoms with Crippen LogP contribution in [0.5, 0.6) is 11.5 Å². The summed E-state index contributed by atoms with van der Waals surface area (Å²) in [7, 11) is -1.31. The van der Waals surface area contributed by atoms with Gasteiger partial charge in [-0.2, -0.15) is 0 Å². The van der Waals surface area contributed by atoms with Crippen molar-refractivity contribution in [2.75, 3.05) is 19.1 Å². The van der Waals surface area contributed by atoms with E-state index in [9.17, 15) is 12.8 Å². The fourth-order valence-electron chi connectivity index (χ4n) is 2.39. The van der Waals surface area contributed by atoms with Crippen LogP contribution in [0.1, 0.15) is 18.9 Å². The highest BCUT2D eigenvalue weighted by Crippen LogP contribution is 2.21. The Morgan fingerprint density at radius 3 is 2.21 bits per heavy atom. The van der Waals surface area contributed by atoms with Crippen LogP contribution in [0.25, 0.3) is 0 Å². The van der Waals surface area contributed by atoms with Crippen LogP contribution in [0.4, 0.5) is 4.39 Å². The molecule has 28 heavy (non-hydrogen) atoms. The Kier molecular flexibility index (Phi) is 7.80. The van der Waals surface area contributed by atoms with Gasteiger partial charge in [0.05, 0.1) is 5.75 Å². The average molecular weight is 408 g/mol. The zero-order chi connectivity index (χ0) is 20.6. The second-order valence-electron chi connectivity index (χ2n) is 6.59. The number of hydrogen-bond acceptors (Lipinski definition) is 4. The Labute approximate surface area is 165 Å². The SMILES string of the molecule is CN=C(NCc1ccc(Oc2ccc(F)cc2)cc1)NC(C)CCS(C)(=O)=O. The Morgan fingerprint density at radius 1 is 1.11 bits per heavy atom. The standard InChI is InChI=1S/C20H26FN3O3S/c1-15(12-13-28(3,25)26)24-20(22-2)23-14-16-4-8-18(9-5-16)27-19-10-6-17(21)7-11-19/h4-11,15H,12-14H2,1-3H3,(H2,22,23,24). The lowest BCUT2D eigenvalue weighted by molar-refractivity contribution is 0.480. The normalized spacial score (nSPS) is 13.1. The van der Waals surface area contributed by atoms with Crippen LogP contribution in [-0.2, 0) is 16.4 Å². The van der Waals surface area contributed by atoms with Crippen molar-refractivity contribution >= 4 is 15.8 Å². The molecule has 0 radical (unpaired) electrons. The number of aliphatic imine (C=N–C) groups is 1. The fraction of sp³-hybridized carbons (Fsp3) is 0.350. The van der Waals surface area contributed by atoms with Crippen LogP contribution < -0.4 is 15.4 Å². The van der Waals surface area contributed by atoms with E-state index in [1.807, 2.05) is 31.2 Å². The molecule has 6 nitrogen and oxygen atoms in total. The molecular weight excluding hydrogens is 381 g/mol. The van der Waals surface area contributed by atoms with Gasteiger partial charge in [0.15, 0.2) is 5.96 Å². The number of halogens is 1. The van der Waals surface area contributed by atoms with E-state index in [0.717, 1.165) is 5.56 Å². The Hall–Kier alpha value is -2.61. The van der Waals surface area contributed by atoms with E-state index in [1.165, 1.54) is 18.4 Å². The molecule has 0 aliphatic rings. The smallest absolute Gasteiger partial charge is 0.191 e. The summed E-state index contributed by atoms with van der Waals surface area (Å²) in [6.45, 7) is 2.47. The highest BCUT2D eigenvalue weighted by molar-refractivity contribution is 7.90. The molecule has 0 saturated heterocycles. The molecule has 0 fully saturated rings. The van der Waals surface area contributed by atoms with Crippen LogP contribution in [0.3, 0.4) is 0 Å². The molecule has 0 spiro atoms. The summed E-state index contributed by atoms with van der Waals surface area (Å²) in [6.07, 6.45) is 1.74. The zero-order valence-electron chi connectivity index (χ0n) is 16.3. The molecule has 152 valence electrons. The predicted molar refractivity (Wildman–Crippen MR) is 110 cm³/mol. The number of guanidine groups is 1. The number of sulfone groups is 1. The number of hydrogen-bond donors (Lipinski definition) is 2. The van der Waals surface area contributed by atoms with Crippen LogP contribution in [-0.4, -0.2) is 39.5 Å². The number of nitrogens with zero attached hydrogens (tertiary/aromatic N) is 1. The number of rotatable bonds is 8. The second-order valence-corrected chi connectivity index (χ2v) is 8.85. The van der Waals surface area contributed by atoms with Gasteiger partial charge in [-0.25, -0.2) is 12.8 Å². The molecule has 0 saturated carbocycles. The Balaban J connectivity index is 1.83. The zero-order valence-corrected chi connectivity index (χ0v) is 17.1. The molecule has 1 unspecified atom stereocenters. The molecule has 0 amide bonds. The topological polar surface area (TPSA) is 79.8 Å². The summed E-state index contributed by atoms with van der Waals surface area (Å²) in [6, 6.07) is 13.4. The summed E-state index contributed by atoms with van der Waals surface area (Å²) in [5.74, 6) is 1.66. The first-order valence-electron chi connectivity index (χ1n) is 8.92. The molecule has 8 heteroatoms. The van der Waals surface area contributed by atoms with Gasteiger partial charge in [0, 0.05) is 25.9 Å². The van der Waals surface area contributed by atoms with Crippen LogP contribution in [0.15, 0.2) is 53.5 Å². The molecule has 0 aliphatic carbocycles. The Bertz CT molecular complexity index is 882. The maximum Gasteiger partial charge on any atom is 0.191 e. The van der Waals surface area contributed by atoms with Crippen molar-refractivity contribution < 1.29 is 17.5 Å². The molecule has 2 rings (SSSR count). The van der Waals surface area contributed by atoms with Gasteiger partial charge >= 0.3 is 0 Å². The predicted octanol–water partition coefficient (Wildman–Crippen LogP) is 3.11. The summed E-state index contributed by atoms with van der Waals surface area (Å²) >= 11 is 0. The first kappa shape index (κ1) is 21.7. The van der Waals surface area contributed by atoms with Gasteiger partial charge in [-0.05, 0) is 55.3 Å². The van der Waals surface area contributed by atoms with Crippen LogP contribution in [0, 0.1) is 5.82 Å². The molecule has 1 atom stereocenters. The van der Waals surface area contributed by atoms with E-state index in [1.54, 1.807) is 19.2 Å². The minimum absolute atomic E-state index is 0.0209. The molecule has 0 aliphatic heterocycles.